The second kappa shape index (κ2) is 5.69. The van der Waals surface area contributed by atoms with Crippen molar-refractivity contribution in [3.8, 4) is 0 Å². The van der Waals surface area contributed by atoms with Crippen molar-refractivity contribution in [3.05, 3.63) is 48.3 Å². The SMILES string of the molecule is O=S1(=O)C[C@H](N=Cc2ccoc2)[C@H](N=Cc2ccoc2)C1. The molecule has 0 amide bonds. The van der Waals surface area contributed by atoms with E-state index in [1.165, 1.54) is 0 Å². The summed E-state index contributed by atoms with van der Waals surface area (Å²) in [5.74, 6) is 0.0451. The fraction of sp³-hybridized carbons (Fsp3) is 0.286. The van der Waals surface area contributed by atoms with Crippen LogP contribution in [-0.4, -0.2) is 44.4 Å². The van der Waals surface area contributed by atoms with Crippen molar-refractivity contribution >= 4 is 22.3 Å². The monoisotopic (exact) mass is 306 g/mol. The van der Waals surface area contributed by atoms with E-state index in [9.17, 15) is 8.42 Å². The Kier molecular flexibility index (Phi) is 3.74. The number of furan rings is 2. The van der Waals surface area contributed by atoms with Gasteiger partial charge in [-0.15, -0.1) is 0 Å². The van der Waals surface area contributed by atoms with Crippen LogP contribution >= 0.6 is 0 Å². The minimum absolute atomic E-state index is 0.0226. The lowest BCUT2D eigenvalue weighted by Gasteiger charge is -2.08. The highest BCUT2D eigenvalue weighted by Crippen LogP contribution is 2.19. The molecule has 1 aliphatic rings. The zero-order valence-corrected chi connectivity index (χ0v) is 11.9. The highest BCUT2D eigenvalue weighted by Gasteiger charge is 2.36. The molecule has 3 rings (SSSR count). The van der Waals surface area contributed by atoms with Crippen LogP contribution in [0.25, 0.3) is 0 Å². The number of sulfone groups is 1. The van der Waals surface area contributed by atoms with Gasteiger partial charge in [0.2, 0.25) is 0 Å². The van der Waals surface area contributed by atoms with Gasteiger partial charge in [0.15, 0.2) is 9.84 Å². The number of rotatable bonds is 4. The molecule has 2 aromatic rings. The van der Waals surface area contributed by atoms with Gasteiger partial charge in [-0.1, -0.05) is 0 Å². The maximum absolute atomic E-state index is 11.8. The number of nitrogens with zero attached hydrogens (tertiary/aromatic N) is 2. The van der Waals surface area contributed by atoms with E-state index in [0.717, 1.165) is 11.1 Å². The van der Waals surface area contributed by atoms with E-state index in [1.54, 1.807) is 49.6 Å². The summed E-state index contributed by atoms with van der Waals surface area (Å²) in [6, 6.07) is 2.79. The average Bonchev–Trinajstić information content (AvgIpc) is 3.15. The topological polar surface area (TPSA) is 85.1 Å². The van der Waals surface area contributed by atoms with Gasteiger partial charge in [0.1, 0.15) is 0 Å². The third kappa shape index (κ3) is 3.49. The van der Waals surface area contributed by atoms with Crippen molar-refractivity contribution in [2.45, 2.75) is 12.1 Å². The van der Waals surface area contributed by atoms with Crippen molar-refractivity contribution in [2.75, 3.05) is 11.5 Å². The predicted molar refractivity (Wildman–Crippen MR) is 78.8 cm³/mol. The van der Waals surface area contributed by atoms with Crippen molar-refractivity contribution < 1.29 is 17.3 Å². The van der Waals surface area contributed by atoms with Crippen LogP contribution in [0.2, 0.25) is 0 Å². The molecule has 6 nitrogen and oxygen atoms in total. The third-order valence-corrected chi connectivity index (χ3v) is 4.91. The molecule has 0 radical (unpaired) electrons. The fourth-order valence-corrected chi connectivity index (χ4v) is 3.95. The van der Waals surface area contributed by atoms with E-state index < -0.39 is 9.84 Å². The van der Waals surface area contributed by atoms with Crippen LogP contribution in [-0.2, 0) is 9.84 Å². The second-order valence-corrected chi connectivity index (χ2v) is 7.04. The summed E-state index contributed by atoms with van der Waals surface area (Å²) in [6.07, 6.45) is 9.43. The van der Waals surface area contributed by atoms with Crippen molar-refractivity contribution in [1.82, 2.24) is 0 Å². The maximum atomic E-state index is 11.8. The second-order valence-electron chi connectivity index (χ2n) is 4.88. The van der Waals surface area contributed by atoms with E-state index in [2.05, 4.69) is 9.98 Å². The summed E-state index contributed by atoms with van der Waals surface area (Å²) < 4.78 is 33.5. The normalized spacial score (nSPS) is 25.1. The highest BCUT2D eigenvalue weighted by molar-refractivity contribution is 7.91. The maximum Gasteiger partial charge on any atom is 0.154 e. The summed E-state index contributed by atoms with van der Waals surface area (Å²) >= 11 is 0. The molecular weight excluding hydrogens is 292 g/mol. The smallest absolute Gasteiger partial charge is 0.154 e. The molecule has 0 saturated carbocycles. The van der Waals surface area contributed by atoms with Crippen molar-refractivity contribution in [1.29, 1.82) is 0 Å². The first kappa shape index (κ1) is 13.8. The first-order valence-corrected chi connectivity index (χ1v) is 8.26. The molecule has 110 valence electrons. The molecule has 0 spiro atoms. The molecule has 0 bridgehead atoms. The van der Waals surface area contributed by atoms with Gasteiger partial charge in [-0.3, -0.25) is 9.98 Å². The van der Waals surface area contributed by atoms with Crippen molar-refractivity contribution in [2.24, 2.45) is 9.98 Å². The van der Waals surface area contributed by atoms with Gasteiger partial charge in [0, 0.05) is 23.6 Å². The van der Waals surface area contributed by atoms with Crippen LogP contribution in [0.4, 0.5) is 0 Å². The van der Waals surface area contributed by atoms with Gasteiger partial charge in [-0.05, 0) is 12.1 Å². The molecule has 1 aliphatic heterocycles. The van der Waals surface area contributed by atoms with Gasteiger partial charge in [0.25, 0.3) is 0 Å². The van der Waals surface area contributed by atoms with E-state index in [4.69, 9.17) is 8.83 Å². The van der Waals surface area contributed by atoms with Crippen LogP contribution in [0, 0.1) is 0 Å². The van der Waals surface area contributed by atoms with Crippen LogP contribution < -0.4 is 0 Å². The molecule has 1 saturated heterocycles. The molecule has 0 aliphatic carbocycles. The molecule has 0 N–H and O–H groups in total. The van der Waals surface area contributed by atoms with Crippen LogP contribution in [0.1, 0.15) is 11.1 Å². The van der Waals surface area contributed by atoms with E-state index >= 15 is 0 Å². The summed E-state index contributed by atoms with van der Waals surface area (Å²) in [5.41, 5.74) is 1.61. The predicted octanol–water partition coefficient (Wildman–Crippen LogP) is 1.58. The van der Waals surface area contributed by atoms with E-state index in [0.29, 0.717) is 0 Å². The number of aliphatic imine (C=N–C) groups is 2. The number of hydrogen-bond donors (Lipinski definition) is 0. The Morgan fingerprint density at radius 2 is 1.43 bits per heavy atom. The quantitative estimate of drug-likeness (QED) is 0.803. The molecule has 2 aromatic heterocycles. The highest BCUT2D eigenvalue weighted by atomic mass is 32.2. The van der Waals surface area contributed by atoms with Gasteiger partial charge in [-0.2, -0.15) is 0 Å². The molecule has 21 heavy (non-hydrogen) atoms. The Bertz CT molecular complexity index is 672. The Morgan fingerprint density at radius 1 is 0.952 bits per heavy atom. The molecule has 0 unspecified atom stereocenters. The molecule has 7 heteroatoms. The van der Waals surface area contributed by atoms with E-state index in [-0.39, 0.29) is 23.6 Å². The zero-order valence-electron chi connectivity index (χ0n) is 11.1. The first-order chi connectivity index (χ1) is 10.1. The van der Waals surface area contributed by atoms with E-state index in [1.807, 2.05) is 0 Å². The molecule has 2 atom stereocenters. The third-order valence-electron chi connectivity index (χ3n) is 3.21. The average molecular weight is 306 g/mol. The van der Waals surface area contributed by atoms with Gasteiger partial charge < -0.3 is 8.83 Å². The van der Waals surface area contributed by atoms with Crippen LogP contribution in [0.15, 0.2) is 56.0 Å². The van der Waals surface area contributed by atoms with Crippen LogP contribution in [0.3, 0.4) is 0 Å². The Balaban J connectivity index is 1.76. The Hall–Kier alpha value is -2.15. The fourth-order valence-electron chi connectivity index (χ4n) is 2.16. The minimum Gasteiger partial charge on any atom is -0.472 e. The summed E-state index contributed by atoms with van der Waals surface area (Å²) in [5, 5.41) is 0. The van der Waals surface area contributed by atoms with Crippen molar-refractivity contribution in [3.63, 3.8) is 0 Å². The first-order valence-electron chi connectivity index (χ1n) is 6.43. The zero-order chi connectivity index (χ0) is 14.7. The summed E-state index contributed by atoms with van der Waals surface area (Å²) in [7, 11) is -3.10. The molecular formula is C14H14N2O4S. The Morgan fingerprint density at radius 3 is 1.81 bits per heavy atom. The number of hydrogen-bond acceptors (Lipinski definition) is 6. The summed E-state index contributed by atoms with van der Waals surface area (Å²) in [6.45, 7) is 0. The lowest BCUT2D eigenvalue weighted by Crippen LogP contribution is -2.20. The lowest BCUT2D eigenvalue weighted by molar-refractivity contribution is 0.566. The molecule has 3 heterocycles. The van der Waals surface area contributed by atoms with Gasteiger partial charge >= 0.3 is 0 Å². The van der Waals surface area contributed by atoms with Gasteiger partial charge in [-0.25, -0.2) is 8.42 Å². The molecule has 1 fully saturated rings. The standard InChI is InChI=1S/C14H14N2O4S/c17-21(18)9-13(15-5-11-1-3-19-7-11)14(10-21)16-6-12-2-4-20-8-12/h1-8,13-14H,9-10H2/t13-,14+. The molecule has 0 aromatic carbocycles. The lowest BCUT2D eigenvalue weighted by atomic mass is 10.2. The van der Waals surface area contributed by atoms with Gasteiger partial charge in [0.05, 0.1) is 48.6 Å². The minimum atomic E-state index is -3.10. The summed E-state index contributed by atoms with van der Waals surface area (Å²) in [4.78, 5) is 8.68. The Labute approximate surface area is 122 Å². The van der Waals surface area contributed by atoms with Crippen LogP contribution in [0.5, 0.6) is 0 Å². The largest absolute Gasteiger partial charge is 0.472 e.